The van der Waals surface area contributed by atoms with Crippen LogP contribution in [0.2, 0.25) is 0 Å². The van der Waals surface area contributed by atoms with E-state index < -0.39 is 0 Å². The molecule has 6 heterocycles. The quantitative estimate of drug-likeness (QED) is 0.0662. The minimum absolute atomic E-state index is 0. The number of rotatable bonds is 12. The van der Waals surface area contributed by atoms with Gasteiger partial charge >= 0.3 is 0 Å². The third-order valence-electron chi connectivity index (χ3n) is 22.6. The zero-order valence-corrected chi connectivity index (χ0v) is 74.2. The molecule has 0 fully saturated rings. The van der Waals surface area contributed by atoms with Gasteiger partial charge in [0.1, 0.15) is 0 Å². The van der Waals surface area contributed by atoms with Crippen LogP contribution in [0.15, 0.2) is 158 Å². The molecule has 15 aromatic rings. The minimum atomic E-state index is 0. The maximum absolute atomic E-state index is 4.08. The Labute approximate surface area is 678 Å². The van der Waals surface area contributed by atoms with Gasteiger partial charge in [0.05, 0.1) is 22.7 Å². The van der Waals surface area contributed by atoms with E-state index in [2.05, 4.69) is 404 Å². The fourth-order valence-electron chi connectivity index (χ4n) is 16.4. The van der Waals surface area contributed by atoms with Gasteiger partial charge in [-0.05, 0) is 171 Å². The van der Waals surface area contributed by atoms with Crippen LogP contribution in [0.3, 0.4) is 0 Å². The molecule has 15 rings (SSSR count). The third-order valence-corrected chi connectivity index (χ3v) is 22.6. The van der Waals surface area contributed by atoms with Gasteiger partial charge in [0, 0.05) is 91.4 Å². The number of hydrogen-bond donors (Lipinski definition) is 0. The Morgan fingerprint density at radius 3 is 0.806 bits per heavy atom. The topological polar surface area (TPSA) is 26.4 Å². The van der Waals surface area contributed by atoms with Gasteiger partial charge < -0.3 is 8.80 Å². The molecule has 0 aliphatic carbocycles. The second-order valence-electron chi connectivity index (χ2n) is 37.3. The molecule has 0 amide bonds. The van der Waals surface area contributed by atoms with Crippen LogP contribution in [0.1, 0.15) is 308 Å². The molecule has 9 aromatic carbocycles. The smallest absolute Gasteiger partial charge is 0.268 e. The third kappa shape index (κ3) is 14.7. The van der Waals surface area contributed by atoms with Crippen LogP contribution < -0.4 is 9.13 Å². The van der Waals surface area contributed by atoms with E-state index in [9.17, 15) is 0 Å². The van der Waals surface area contributed by atoms with Crippen LogP contribution in [-0.2, 0) is 66.4 Å². The molecule has 0 spiro atoms. The first-order valence-electron chi connectivity index (χ1n) is 39.6. The summed E-state index contributed by atoms with van der Waals surface area (Å²) >= 11 is 0. The fraction of sp³-hybridized carbons (Fsp3) is 0.400. The van der Waals surface area contributed by atoms with Crippen LogP contribution in [0.4, 0.5) is 0 Å². The van der Waals surface area contributed by atoms with Gasteiger partial charge in [-0.15, -0.1) is 21.8 Å². The minimum Gasteiger partial charge on any atom is -0.377 e. The van der Waals surface area contributed by atoms with Crippen LogP contribution in [-0.4, -0.2) is 17.9 Å². The summed E-state index contributed by atoms with van der Waals surface area (Å²) in [5.41, 5.74) is 29.0. The molecule has 0 N–H and O–H groups in total. The molecule has 0 saturated carbocycles. The number of para-hydroxylation sites is 4. The van der Waals surface area contributed by atoms with Crippen molar-refractivity contribution in [2.45, 2.75) is 263 Å². The van der Waals surface area contributed by atoms with Crippen molar-refractivity contribution < 1.29 is 53.9 Å². The molecule has 108 heavy (non-hydrogen) atoms. The van der Waals surface area contributed by atoms with Crippen LogP contribution >= 0.6 is 0 Å². The molecule has 0 bridgehead atoms. The van der Waals surface area contributed by atoms with Crippen molar-refractivity contribution in [1.82, 2.24) is 17.9 Å². The Balaban J connectivity index is 0.000000169. The second kappa shape index (κ2) is 30.3. The zero-order chi connectivity index (χ0) is 76.6. The number of nitrogens with zero attached hydrogens (tertiary/aromatic N) is 6. The Hall–Kier alpha value is -7.52. The van der Waals surface area contributed by atoms with Crippen molar-refractivity contribution in [3.8, 4) is 22.7 Å². The monoisotopic (exact) mass is 1800 g/mol. The van der Waals surface area contributed by atoms with Gasteiger partial charge in [0.2, 0.25) is 0 Å². The van der Waals surface area contributed by atoms with Gasteiger partial charge in [0.25, 0.3) is 12.7 Å². The van der Waals surface area contributed by atoms with Crippen molar-refractivity contribution >= 4 is 76.2 Å². The molecule has 0 aliphatic rings. The van der Waals surface area contributed by atoms with Crippen molar-refractivity contribution in [1.29, 1.82) is 0 Å². The van der Waals surface area contributed by atoms with Crippen LogP contribution in [0.25, 0.3) is 98.9 Å². The van der Waals surface area contributed by atoms with Gasteiger partial charge in [-0.1, -0.05) is 314 Å². The van der Waals surface area contributed by atoms with E-state index in [4.69, 9.17) is 0 Å². The summed E-state index contributed by atoms with van der Waals surface area (Å²) in [5.74, 6) is 3.68. The summed E-state index contributed by atoms with van der Waals surface area (Å²) in [6.45, 7) is 64.1. The summed E-state index contributed by atoms with van der Waals surface area (Å²) in [6, 6.07) is 58.9. The first-order chi connectivity index (χ1) is 49.8. The van der Waals surface area contributed by atoms with Crippen LogP contribution in [0.5, 0.6) is 0 Å². The van der Waals surface area contributed by atoms with Gasteiger partial charge in [-0.2, -0.15) is 10.8 Å². The SMILES string of the molecule is CC(C)(C)c1ccc2c(c1)c1cc(C(C)(C)C)cc3c4[c-]c5c([c-]c4n2c31)c1cc(C(C)(C)C)cc2c3cc(C(C)(C)C)ccc3n5c12.CC(C)c1cccc(C(C)C)c1-n1[c-][n+](-c2c(C(C)C)cccc2C(C)C)cc1.CC(C)c1cccc(C(C)C)c1-n1[c-][n+](-c2c(C(C)C)cccc2C(C)C)cc1.[Au].[Au]. The molecule has 0 unspecified atom stereocenters. The Kier molecular flexibility index (Phi) is 22.8. The summed E-state index contributed by atoms with van der Waals surface area (Å²) in [6.07, 6.45) is 16.0. The largest absolute Gasteiger partial charge is 0.377 e. The molecule has 572 valence electrons. The van der Waals surface area contributed by atoms with E-state index in [0.29, 0.717) is 47.3 Å². The molecule has 0 saturated heterocycles. The Morgan fingerprint density at radius 1 is 0.296 bits per heavy atom. The summed E-state index contributed by atoms with van der Waals surface area (Å²) < 4.78 is 13.8. The van der Waals surface area contributed by atoms with Crippen molar-refractivity contribution in [2.75, 3.05) is 0 Å². The molecule has 0 atom stereocenters. The number of aromatic nitrogens is 6. The maximum Gasteiger partial charge on any atom is 0.268 e. The number of hydrogen-bond acceptors (Lipinski definition) is 0. The molecule has 2 radical (unpaired) electrons. The van der Waals surface area contributed by atoms with Gasteiger partial charge in [-0.25, -0.2) is 12.1 Å². The average Bonchev–Trinajstić information content (AvgIpc) is 1.51. The maximum atomic E-state index is 4.08. The number of fused-ring (bicyclic) bond motifs is 12. The van der Waals surface area contributed by atoms with E-state index in [1.54, 1.807) is 0 Å². The van der Waals surface area contributed by atoms with Crippen LogP contribution in [0, 0.1) is 24.8 Å². The second-order valence-corrected chi connectivity index (χ2v) is 37.3. The summed E-state index contributed by atoms with van der Waals surface area (Å²) in [5, 5.41) is 10.2. The van der Waals surface area contributed by atoms with Crippen molar-refractivity contribution in [3.05, 3.63) is 250 Å². The van der Waals surface area contributed by atoms with Gasteiger partial charge in [-0.3, -0.25) is 18.3 Å². The normalized spacial score (nSPS) is 12.8. The Bertz CT molecular complexity index is 5160. The van der Waals surface area contributed by atoms with E-state index in [1.807, 2.05) is 0 Å². The van der Waals surface area contributed by atoms with Crippen molar-refractivity contribution in [2.24, 2.45) is 0 Å². The standard InChI is InChI=1S/C46H46N2.2C27H36N2.2Au/c1-43(2,3)25-13-15-37-29(17-25)33-19-27(45(7,8)9)21-35-31-24-40-32(23-39(31)47(37)41(33)35)36-22-28(46(10,11)12)20-34-30-18-26(44(4,5)6)14-16-38(30)48(40)42(34)36;2*1-18(2)22-11-9-12-23(19(3)4)26(22)28-15-16-29(17-28)27-24(20(5)6)13-10-14-25(27)21(7)8;;/h13-22H,1-12H3;2*9-16,18-21H,1-8H3;;/q-2;;;;. The predicted molar refractivity (Wildman–Crippen MR) is 453 cm³/mol. The number of imidazole rings is 2. The molecule has 6 nitrogen and oxygen atoms in total. The molecule has 0 aliphatic heterocycles. The van der Waals surface area contributed by atoms with E-state index >= 15 is 0 Å². The number of benzene rings is 9. The van der Waals surface area contributed by atoms with E-state index in [1.165, 1.54) is 144 Å². The molecule has 6 aromatic heterocycles. The molecule has 8 heteroatoms. The summed E-state index contributed by atoms with van der Waals surface area (Å²) in [4.78, 5) is 0. The average molecular weight is 1800 g/mol. The summed E-state index contributed by atoms with van der Waals surface area (Å²) in [7, 11) is 0. The first kappa shape index (κ1) is 81.5. The van der Waals surface area contributed by atoms with Gasteiger partial charge in [0.15, 0.2) is 0 Å². The molecular weight excluding hydrogens is 1680 g/mol. The predicted octanol–water partition coefficient (Wildman–Crippen LogP) is 26.9. The Morgan fingerprint density at radius 2 is 0.546 bits per heavy atom. The fourth-order valence-corrected chi connectivity index (χ4v) is 16.4. The zero-order valence-electron chi connectivity index (χ0n) is 69.9. The molecular formula is C100H118Au2N6-2. The van der Waals surface area contributed by atoms with E-state index in [0.717, 1.165) is 21.8 Å². The van der Waals surface area contributed by atoms with E-state index in [-0.39, 0.29) is 66.4 Å². The van der Waals surface area contributed by atoms with Crippen molar-refractivity contribution in [3.63, 3.8) is 0 Å². The first-order valence-corrected chi connectivity index (χ1v) is 39.6.